The molecule has 1 aromatic heterocycles. The van der Waals surface area contributed by atoms with Crippen LogP contribution < -0.4 is 16.0 Å². The van der Waals surface area contributed by atoms with E-state index in [1.165, 1.54) is 0 Å². The van der Waals surface area contributed by atoms with Crippen molar-refractivity contribution in [3.63, 3.8) is 0 Å². The fourth-order valence-corrected chi connectivity index (χ4v) is 2.73. The molecule has 106 valence electrons. The third kappa shape index (κ3) is 3.91. The molecule has 3 N–H and O–H groups in total. The molecule has 0 radical (unpaired) electrons. The van der Waals surface area contributed by atoms with E-state index in [9.17, 15) is 0 Å². The van der Waals surface area contributed by atoms with Crippen molar-refractivity contribution in [3.8, 4) is 11.6 Å². The highest BCUT2D eigenvalue weighted by molar-refractivity contribution is 9.11. The van der Waals surface area contributed by atoms with E-state index in [4.69, 9.17) is 10.6 Å². The first-order chi connectivity index (χ1) is 9.62. The molecule has 0 aliphatic rings. The number of hydrogen-bond acceptors (Lipinski definition) is 5. The number of hydrazine groups is 1. The average Bonchev–Trinajstić information content (AvgIpc) is 2.42. The molecular formula is C13H14Br2N4O. The van der Waals surface area contributed by atoms with Crippen molar-refractivity contribution in [3.05, 3.63) is 39.0 Å². The molecule has 0 amide bonds. The second-order valence-electron chi connectivity index (χ2n) is 4.08. The monoisotopic (exact) mass is 400 g/mol. The van der Waals surface area contributed by atoms with Gasteiger partial charge in [0.15, 0.2) is 0 Å². The number of nitrogens with two attached hydrogens (primary N) is 1. The Kier molecular flexibility index (Phi) is 5.33. The van der Waals surface area contributed by atoms with Gasteiger partial charge in [0.25, 0.3) is 0 Å². The number of ether oxygens (including phenoxy) is 1. The Balaban J connectivity index is 2.29. The lowest BCUT2D eigenvalue weighted by Gasteiger charge is -2.10. The van der Waals surface area contributed by atoms with Crippen LogP contribution in [-0.2, 0) is 6.42 Å². The molecule has 1 heterocycles. The second-order valence-corrected chi connectivity index (χ2v) is 5.85. The van der Waals surface area contributed by atoms with E-state index in [2.05, 4.69) is 54.2 Å². The van der Waals surface area contributed by atoms with E-state index >= 15 is 0 Å². The summed E-state index contributed by atoms with van der Waals surface area (Å²) in [7, 11) is 0. The van der Waals surface area contributed by atoms with Gasteiger partial charge in [0, 0.05) is 17.0 Å². The Morgan fingerprint density at radius 1 is 1.25 bits per heavy atom. The van der Waals surface area contributed by atoms with Gasteiger partial charge in [0.2, 0.25) is 5.88 Å². The summed E-state index contributed by atoms with van der Waals surface area (Å²) in [5.74, 6) is 7.79. The Morgan fingerprint density at radius 2 is 2.05 bits per heavy atom. The maximum Gasteiger partial charge on any atom is 0.224 e. The van der Waals surface area contributed by atoms with Gasteiger partial charge in [-0.3, -0.25) is 0 Å². The van der Waals surface area contributed by atoms with Crippen LogP contribution in [0.15, 0.2) is 33.2 Å². The zero-order chi connectivity index (χ0) is 14.5. The SMILES string of the molecule is CCCc1nc(NN)cc(Oc2ccc(Br)cc2Br)n1. The molecule has 0 bridgehead atoms. The van der Waals surface area contributed by atoms with Crippen LogP contribution >= 0.6 is 31.9 Å². The minimum atomic E-state index is 0.458. The topological polar surface area (TPSA) is 73.1 Å². The van der Waals surface area contributed by atoms with Gasteiger partial charge < -0.3 is 10.2 Å². The number of halogens is 2. The van der Waals surface area contributed by atoms with Gasteiger partial charge in [-0.1, -0.05) is 22.9 Å². The summed E-state index contributed by atoms with van der Waals surface area (Å²) >= 11 is 6.85. The zero-order valence-electron chi connectivity index (χ0n) is 10.9. The smallest absolute Gasteiger partial charge is 0.224 e. The number of rotatable bonds is 5. The highest BCUT2D eigenvalue weighted by atomic mass is 79.9. The molecule has 7 heteroatoms. The summed E-state index contributed by atoms with van der Waals surface area (Å²) in [5, 5.41) is 0. The molecule has 0 spiro atoms. The van der Waals surface area contributed by atoms with E-state index in [0.717, 1.165) is 21.8 Å². The molecule has 5 nitrogen and oxygen atoms in total. The van der Waals surface area contributed by atoms with Gasteiger partial charge in [-0.25, -0.2) is 10.8 Å². The van der Waals surface area contributed by atoms with Crippen LogP contribution in [0.4, 0.5) is 5.82 Å². The molecule has 0 saturated heterocycles. The van der Waals surface area contributed by atoms with Crippen molar-refractivity contribution < 1.29 is 4.74 Å². The summed E-state index contributed by atoms with van der Waals surface area (Å²) in [6, 6.07) is 7.32. The number of aryl methyl sites for hydroxylation is 1. The summed E-state index contributed by atoms with van der Waals surface area (Å²) in [6.07, 6.45) is 1.73. The van der Waals surface area contributed by atoms with E-state index in [1.807, 2.05) is 18.2 Å². The molecule has 0 unspecified atom stereocenters. The second kappa shape index (κ2) is 7.01. The first-order valence-electron chi connectivity index (χ1n) is 6.10. The van der Waals surface area contributed by atoms with Crippen molar-refractivity contribution in [2.75, 3.05) is 5.43 Å². The summed E-state index contributed by atoms with van der Waals surface area (Å²) < 4.78 is 7.58. The van der Waals surface area contributed by atoms with Gasteiger partial charge in [0.05, 0.1) is 4.47 Å². The van der Waals surface area contributed by atoms with Gasteiger partial charge in [-0.05, 0) is 40.5 Å². The van der Waals surface area contributed by atoms with Crippen molar-refractivity contribution >= 4 is 37.7 Å². The number of nitrogens with zero attached hydrogens (tertiary/aromatic N) is 2. The normalized spacial score (nSPS) is 10.4. The minimum absolute atomic E-state index is 0.458. The largest absolute Gasteiger partial charge is 0.438 e. The van der Waals surface area contributed by atoms with Crippen LogP contribution in [0.25, 0.3) is 0 Å². The summed E-state index contributed by atoms with van der Waals surface area (Å²) in [4.78, 5) is 8.64. The van der Waals surface area contributed by atoms with Crippen molar-refractivity contribution in [2.24, 2.45) is 5.84 Å². The number of nitrogen functional groups attached to an aromatic ring is 1. The molecular weight excluding hydrogens is 388 g/mol. The van der Waals surface area contributed by atoms with E-state index in [1.54, 1.807) is 6.07 Å². The predicted octanol–water partition coefficient (Wildman–Crippen LogP) is 4.03. The molecule has 2 aromatic rings. The van der Waals surface area contributed by atoms with E-state index in [0.29, 0.717) is 23.3 Å². The minimum Gasteiger partial charge on any atom is -0.438 e. The van der Waals surface area contributed by atoms with Gasteiger partial charge in [-0.15, -0.1) is 0 Å². The first-order valence-corrected chi connectivity index (χ1v) is 7.68. The van der Waals surface area contributed by atoms with Crippen molar-refractivity contribution in [1.82, 2.24) is 9.97 Å². The highest BCUT2D eigenvalue weighted by Crippen LogP contribution is 2.31. The van der Waals surface area contributed by atoms with Gasteiger partial charge in [0.1, 0.15) is 17.4 Å². The fourth-order valence-electron chi connectivity index (χ4n) is 1.61. The van der Waals surface area contributed by atoms with Crippen LogP contribution in [0.2, 0.25) is 0 Å². The van der Waals surface area contributed by atoms with Crippen LogP contribution in [0, 0.1) is 0 Å². The van der Waals surface area contributed by atoms with E-state index in [-0.39, 0.29) is 0 Å². The summed E-state index contributed by atoms with van der Waals surface area (Å²) in [5.41, 5.74) is 2.53. The van der Waals surface area contributed by atoms with E-state index < -0.39 is 0 Å². The molecule has 0 fully saturated rings. The number of anilines is 1. The molecule has 20 heavy (non-hydrogen) atoms. The number of benzene rings is 1. The number of hydrogen-bond donors (Lipinski definition) is 2. The molecule has 0 saturated carbocycles. The Labute approximate surface area is 134 Å². The molecule has 1 aromatic carbocycles. The lowest BCUT2D eigenvalue weighted by Crippen LogP contribution is -2.10. The van der Waals surface area contributed by atoms with Gasteiger partial charge >= 0.3 is 0 Å². The van der Waals surface area contributed by atoms with Crippen molar-refractivity contribution in [2.45, 2.75) is 19.8 Å². The quantitative estimate of drug-likeness (QED) is 0.584. The average molecular weight is 402 g/mol. The standard InChI is InChI=1S/C13H14Br2N4O/c1-2-3-11-17-12(19-16)7-13(18-11)20-10-5-4-8(14)6-9(10)15/h4-7H,2-3,16H2,1H3,(H,17,18,19). The van der Waals surface area contributed by atoms with Crippen LogP contribution in [0.1, 0.15) is 19.2 Å². The number of nitrogens with one attached hydrogen (secondary N) is 1. The zero-order valence-corrected chi connectivity index (χ0v) is 14.0. The van der Waals surface area contributed by atoms with Gasteiger partial charge in [-0.2, -0.15) is 4.98 Å². The Bertz CT molecular complexity index is 607. The van der Waals surface area contributed by atoms with Crippen LogP contribution in [0.3, 0.4) is 0 Å². The molecule has 0 aliphatic heterocycles. The molecule has 0 aliphatic carbocycles. The first kappa shape index (κ1) is 15.2. The molecule has 0 atom stereocenters. The maximum atomic E-state index is 5.78. The maximum absolute atomic E-state index is 5.78. The highest BCUT2D eigenvalue weighted by Gasteiger charge is 2.08. The molecule has 2 rings (SSSR count). The third-order valence-electron chi connectivity index (χ3n) is 2.48. The van der Waals surface area contributed by atoms with Crippen LogP contribution in [0.5, 0.6) is 11.6 Å². The lowest BCUT2D eigenvalue weighted by molar-refractivity contribution is 0.456. The van der Waals surface area contributed by atoms with Crippen LogP contribution in [-0.4, -0.2) is 9.97 Å². The predicted molar refractivity (Wildman–Crippen MR) is 85.8 cm³/mol. The fraction of sp³-hybridized carbons (Fsp3) is 0.231. The van der Waals surface area contributed by atoms with Crippen molar-refractivity contribution in [1.29, 1.82) is 0 Å². The Morgan fingerprint density at radius 3 is 2.70 bits per heavy atom. The number of aromatic nitrogens is 2. The lowest BCUT2D eigenvalue weighted by atomic mass is 10.3. The third-order valence-corrected chi connectivity index (χ3v) is 3.59. The Hall–Kier alpha value is -1.18. The summed E-state index contributed by atoms with van der Waals surface area (Å²) in [6.45, 7) is 2.07.